The molecule has 0 heterocycles. The summed E-state index contributed by atoms with van der Waals surface area (Å²) in [5.41, 5.74) is 2.43. The molecule has 2 nitrogen and oxygen atoms in total. The van der Waals surface area contributed by atoms with Crippen LogP contribution >= 0.6 is 0 Å². The Hall–Kier alpha value is -1.28. The number of rotatable bonds is 2. The van der Waals surface area contributed by atoms with E-state index in [1.807, 2.05) is 19.1 Å². The largest absolute Gasteiger partial charge is 0.497 e. The molecular weight excluding hydrogens is 200 g/mol. The van der Waals surface area contributed by atoms with Crippen molar-refractivity contribution in [3.8, 4) is 5.75 Å². The van der Waals surface area contributed by atoms with Crippen molar-refractivity contribution in [2.45, 2.75) is 31.8 Å². The third-order valence-electron chi connectivity index (χ3n) is 3.40. The Kier molecular flexibility index (Phi) is 2.76. The minimum absolute atomic E-state index is 0.761. The van der Waals surface area contributed by atoms with E-state index in [-0.39, 0.29) is 0 Å². The van der Waals surface area contributed by atoms with E-state index in [0.717, 1.165) is 36.1 Å². The molecule has 1 aromatic rings. The van der Waals surface area contributed by atoms with E-state index in [9.17, 15) is 5.11 Å². The summed E-state index contributed by atoms with van der Waals surface area (Å²) in [5, 5.41) is 10.5. The number of hydrogen-bond acceptors (Lipinski definition) is 2. The Morgan fingerprint density at radius 1 is 1.50 bits per heavy atom. The first-order valence-corrected chi connectivity index (χ1v) is 5.64. The maximum atomic E-state index is 10.5. The molecule has 2 rings (SSSR count). The maximum Gasteiger partial charge on any atom is 0.119 e. The minimum atomic E-state index is -0.857. The molecule has 0 aromatic heterocycles. The van der Waals surface area contributed by atoms with Gasteiger partial charge >= 0.3 is 0 Å². The van der Waals surface area contributed by atoms with Gasteiger partial charge in [-0.05, 0) is 55.0 Å². The zero-order valence-corrected chi connectivity index (χ0v) is 9.92. The van der Waals surface area contributed by atoms with E-state index in [4.69, 9.17) is 4.74 Å². The van der Waals surface area contributed by atoms with Crippen LogP contribution < -0.4 is 4.74 Å². The molecule has 1 aromatic carbocycles. The van der Waals surface area contributed by atoms with Gasteiger partial charge in [0.05, 0.1) is 7.11 Å². The lowest BCUT2D eigenvalue weighted by Gasteiger charge is -2.33. The first-order chi connectivity index (χ1) is 7.60. The van der Waals surface area contributed by atoms with Gasteiger partial charge in [0.25, 0.3) is 0 Å². The van der Waals surface area contributed by atoms with Crippen molar-refractivity contribution in [3.63, 3.8) is 0 Å². The van der Waals surface area contributed by atoms with Crippen molar-refractivity contribution in [2.24, 2.45) is 0 Å². The number of aliphatic hydroxyl groups is 1. The fourth-order valence-electron chi connectivity index (χ4n) is 2.64. The Bertz CT molecular complexity index is 423. The standard InChI is InChI=1S/C14H18O2/c1-4-14(15)7-5-6-11-9-12(16-3)8-10(2)13(11)14/h4,8-9,15H,1,5-7H2,2-3H3. The third-order valence-corrected chi connectivity index (χ3v) is 3.40. The summed E-state index contributed by atoms with van der Waals surface area (Å²) >= 11 is 0. The predicted molar refractivity (Wildman–Crippen MR) is 64.8 cm³/mol. The highest BCUT2D eigenvalue weighted by molar-refractivity contribution is 5.47. The summed E-state index contributed by atoms with van der Waals surface area (Å²) in [4.78, 5) is 0. The van der Waals surface area contributed by atoms with E-state index in [2.05, 4.69) is 6.58 Å². The van der Waals surface area contributed by atoms with Crippen LogP contribution in [-0.2, 0) is 12.0 Å². The molecule has 1 aliphatic rings. The number of ether oxygens (including phenoxy) is 1. The molecule has 0 bridgehead atoms. The fourth-order valence-corrected chi connectivity index (χ4v) is 2.64. The van der Waals surface area contributed by atoms with Crippen LogP contribution in [0.15, 0.2) is 24.8 Å². The van der Waals surface area contributed by atoms with Crippen LogP contribution in [0.4, 0.5) is 0 Å². The van der Waals surface area contributed by atoms with Gasteiger partial charge in [-0.1, -0.05) is 12.7 Å². The quantitative estimate of drug-likeness (QED) is 0.773. The normalized spacial score (nSPS) is 23.7. The van der Waals surface area contributed by atoms with Crippen molar-refractivity contribution >= 4 is 0 Å². The van der Waals surface area contributed by atoms with Gasteiger partial charge in [-0.2, -0.15) is 0 Å². The van der Waals surface area contributed by atoms with E-state index in [1.54, 1.807) is 13.2 Å². The van der Waals surface area contributed by atoms with E-state index >= 15 is 0 Å². The van der Waals surface area contributed by atoms with Gasteiger partial charge in [0.2, 0.25) is 0 Å². The SMILES string of the molecule is C=CC1(O)CCCc2cc(OC)cc(C)c21. The molecule has 0 amide bonds. The number of hydrogen-bond donors (Lipinski definition) is 1. The number of aryl methyl sites for hydroxylation is 2. The zero-order chi connectivity index (χ0) is 11.8. The van der Waals surface area contributed by atoms with Crippen molar-refractivity contribution in [1.29, 1.82) is 0 Å². The monoisotopic (exact) mass is 218 g/mol. The highest BCUT2D eigenvalue weighted by atomic mass is 16.5. The zero-order valence-electron chi connectivity index (χ0n) is 9.92. The topological polar surface area (TPSA) is 29.5 Å². The molecule has 86 valence electrons. The van der Waals surface area contributed by atoms with Crippen LogP contribution in [0.3, 0.4) is 0 Å². The van der Waals surface area contributed by atoms with Gasteiger partial charge in [-0.3, -0.25) is 0 Å². The van der Waals surface area contributed by atoms with Crippen LogP contribution in [0.25, 0.3) is 0 Å². The van der Waals surface area contributed by atoms with Gasteiger partial charge in [-0.15, -0.1) is 0 Å². The number of methoxy groups -OCH3 is 1. The first-order valence-electron chi connectivity index (χ1n) is 5.64. The molecule has 0 aliphatic heterocycles. The lowest BCUT2D eigenvalue weighted by molar-refractivity contribution is 0.0696. The predicted octanol–water partition coefficient (Wildman–Crippen LogP) is 2.71. The Labute approximate surface area is 96.6 Å². The lowest BCUT2D eigenvalue weighted by atomic mass is 9.77. The molecule has 0 spiro atoms. The van der Waals surface area contributed by atoms with Crippen molar-refractivity contribution < 1.29 is 9.84 Å². The van der Waals surface area contributed by atoms with Crippen LogP contribution in [0.5, 0.6) is 5.75 Å². The average molecular weight is 218 g/mol. The Balaban J connectivity index is 2.61. The van der Waals surface area contributed by atoms with Crippen LogP contribution in [-0.4, -0.2) is 12.2 Å². The smallest absolute Gasteiger partial charge is 0.119 e. The van der Waals surface area contributed by atoms with E-state index < -0.39 is 5.60 Å². The summed E-state index contributed by atoms with van der Waals surface area (Å²) in [7, 11) is 1.67. The van der Waals surface area contributed by atoms with Crippen LogP contribution in [0.2, 0.25) is 0 Å². The highest BCUT2D eigenvalue weighted by Gasteiger charge is 2.33. The molecular formula is C14H18O2. The van der Waals surface area contributed by atoms with Gasteiger partial charge in [0.15, 0.2) is 0 Å². The maximum absolute atomic E-state index is 10.5. The molecule has 0 fully saturated rings. The highest BCUT2D eigenvalue weighted by Crippen LogP contribution is 2.39. The first kappa shape index (κ1) is 11.2. The summed E-state index contributed by atoms with van der Waals surface area (Å²) in [5.74, 6) is 0.865. The molecule has 1 aliphatic carbocycles. The molecule has 0 saturated heterocycles. The van der Waals surface area contributed by atoms with Crippen molar-refractivity contribution in [1.82, 2.24) is 0 Å². The molecule has 1 N–H and O–H groups in total. The summed E-state index contributed by atoms with van der Waals surface area (Å²) in [6, 6.07) is 3.99. The van der Waals surface area contributed by atoms with E-state index in [1.165, 1.54) is 5.56 Å². The Morgan fingerprint density at radius 3 is 2.88 bits per heavy atom. The molecule has 0 saturated carbocycles. The average Bonchev–Trinajstić information content (AvgIpc) is 2.28. The molecule has 16 heavy (non-hydrogen) atoms. The van der Waals surface area contributed by atoms with Crippen LogP contribution in [0, 0.1) is 6.92 Å². The molecule has 2 heteroatoms. The number of benzene rings is 1. The van der Waals surface area contributed by atoms with Gasteiger partial charge in [0, 0.05) is 0 Å². The molecule has 1 unspecified atom stereocenters. The lowest BCUT2D eigenvalue weighted by Crippen LogP contribution is -2.29. The Morgan fingerprint density at radius 2 is 2.25 bits per heavy atom. The number of fused-ring (bicyclic) bond motifs is 1. The summed E-state index contributed by atoms with van der Waals surface area (Å²) in [6.07, 6.45) is 4.41. The second kappa shape index (κ2) is 3.95. The van der Waals surface area contributed by atoms with E-state index in [0.29, 0.717) is 0 Å². The van der Waals surface area contributed by atoms with Gasteiger partial charge < -0.3 is 9.84 Å². The van der Waals surface area contributed by atoms with Crippen molar-refractivity contribution in [3.05, 3.63) is 41.5 Å². The van der Waals surface area contributed by atoms with Crippen LogP contribution in [0.1, 0.15) is 29.5 Å². The van der Waals surface area contributed by atoms with Gasteiger partial charge in [-0.25, -0.2) is 0 Å². The minimum Gasteiger partial charge on any atom is -0.497 e. The molecule has 0 radical (unpaired) electrons. The molecule has 1 atom stereocenters. The summed E-state index contributed by atoms with van der Waals surface area (Å²) in [6.45, 7) is 5.77. The second-order valence-electron chi connectivity index (χ2n) is 4.46. The second-order valence-corrected chi connectivity index (χ2v) is 4.46. The van der Waals surface area contributed by atoms with Crippen molar-refractivity contribution in [2.75, 3.05) is 7.11 Å². The summed E-state index contributed by atoms with van der Waals surface area (Å²) < 4.78 is 5.26. The third kappa shape index (κ3) is 1.63. The van der Waals surface area contributed by atoms with Gasteiger partial charge in [0.1, 0.15) is 11.4 Å². The fraction of sp³-hybridized carbons (Fsp3) is 0.429.